The van der Waals surface area contributed by atoms with E-state index < -0.39 is 0 Å². The van der Waals surface area contributed by atoms with Gasteiger partial charge in [0.05, 0.1) is 16.0 Å². The Hall–Kier alpha value is -1.65. The lowest BCUT2D eigenvalue weighted by Gasteiger charge is -2.01. The second kappa shape index (κ2) is 5.77. The number of hydrogen-bond donors (Lipinski definition) is 0. The number of ketones is 1. The lowest BCUT2D eigenvalue weighted by molar-refractivity contribution is 0.101. The first-order chi connectivity index (χ1) is 9.72. The van der Waals surface area contributed by atoms with Crippen molar-refractivity contribution in [2.75, 3.05) is 0 Å². The second-order valence-electron chi connectivity index (χ2n) is 4.45. The molecule has 2 aromatic carbocycles. The molecule has 3 aromatic rings. The standard InChI is InChI=1S/C16H13NOS2/c1-11(18)12-5-4-6-13(9-12)19-10-16-17-14-7-2-3-8-15(14)20-16/h2-9H,10H2,1H3. The Labute approximate surface area is 125 Å². The maximum atomic E-state index is 11.4. The summed E-state index contributed by atoms with van der Waals surface area (Å²) in [5.74, 6) is 0.938. The summed E-state index contributed by atoms with van der Waals surface area (Å²) in [4.78, 5) is 17.1. The van der Waals surface area contributed by atoms with Crippen LogP contribution in [0.1, 0.15) is 22.3 Å². The molecule has 0 saturated carbocycles. The normalized spacial score (nSPS) is 10.8. The van der Waals surface area contributed by atoms with Crippen LogP contribution < -0.4 is 0 Å². The van der Waals surface area contributed by atoms with Crippen molar-refractivity contribution >= 4 is 39.1 Å². The van der Waals surface area contributed by atoms with E-state index in [0.29, 0.717) is 0 Å². The van der Waals surface area contributed by atoms with Crippen molar-refractivity contribution in [1.82, 2.24) is 4.98 Å². The van der Waals surface area contributed by atoms with Crippen molar-refractivity contribution < 1.29 is 4.79 Å². The Bertz CT molecular complexity index is 731. The minimum Gasteiger partial charge on any atom is -0.295 e. The Morgan fingerprint density at radius 1 is 1.20 bits per heavy atom. The van der Waals surface area contributed by atoms with E-state index in [1.54, 1.807) is 30.0 Å². The monoisotopic (exact) mass is 299 g/mol. The predicted molar refractivity (Wildman–Crippen MR) is 85.6 cm³/mol. The van der Waals surface area contributed by atoms with Crippen LogP contribution in [0.3, 0.4) is 0 Å². The van der Waals surface area contributed by atoms with Crippen LogP contribution in [0.25, 0.3) is 10.2 Å². The van der Waals surface area contributed by atoms with Gasteiger partial charge >= 0.3 is 0 Å². The fraction of sp³-hybridized carbons (Fsp3) is 0.125. The summed E-state index contributed by atoms with van der Waals surface area (Å²) in [5.41, 5.74) is 1.82. The van der Waals surface area contributed by atoms with E-state index in [1.807, 2.05) is 42.5 Å². The number of aromatic nitrogens is 1. The van der Waals surface area contributed by atoms with Crippen LogP contribution in [0.2, 0.25) is 0 Å². The lowest BCUT2D eigenvalue weighted by atomic mass is 10.2. The fourth-order valence-corrected chi connectivity index (χ4v) is 3.85. The summed E-state index contributed by atoms with van der Waals surface area (Å²) in [6, 6.07) is 15.9. The minimum absolute atomic E-state index is 0.104. The molecular weight excluding hydrogens is 286 g/mol. The van der Waals surface area contributed by atoms with Crippen molar-refractivity contribution in [3.05, 3.63) is 59.1 Å². The van der Waals surface area contributed by atoms with Crippen LogP contribution in [0.4, 0.5) is 0 Å². The highest BCUT2D eigenvalue weighted by Crippen LogP contribution is 2.28. The van der Waals surface area contributed by atoms with E-state index in [-0.39, 0.29) is 5.78 Å². The Balaban J connectivity index is 1.75. The molecule has 0 atom stereocenters. The molecule has 0 bridgehead atoms. The van der Waals surface area contributed by atoms with Crippen LogP contribution in [-0.2, 0) is 5.75 Å². The number of nitrogens with zero attached hydrogens (tertiary/aromatic N) is 1. The summed E-state index contributed by atoms with van der Waals surface area (Å²) in [6.07, 6.45) is 0. The number of thioether (sulfide) groups is 1. The first kappa shape index (κ1) is 13.3. The van der Waals surface area contributed by atoms with Gasteiger partial charge in [-0.2, -0.15) is 0 Å². The molecule has 0 saturated heterocycles. The maximum Gasteiger partial charge on any atom is 0.159 e. The molecule has 0 aliphatic rings. The molecule has 0 radical (unpaired) electrons. The average Bonchev–Trinajstić information content (AvgIpc) is 2.88. The molecule has 2 nitrogen and oxygen atoms in total. The molecule has 4 heteroatoms. The lowest BCUT2D eigenvalue weighted by Crippen LogP contribution is -1.91. The van der Waals surface area contributed by atoms with Gasteiger partial charge in [0.2, 0.25) is 0 Å². The first-order valence-electron chi connectivity index (χ1n) is 6.30. The van der Waals surface area contributed by atoms with Gasteiger partial charge in [-0.3, -0.25) is 4.79 Å². The van der Waals surface area contributed by atoms with Gasteiger partial charge in [-0.05, 0) is 31.2 Å². The van der Waals surface area contributed by atoms with Crippen LogP contribution in [-0.4, -0.2) is 10.8 Å². The Kier molecular flexibility index (Phi) is 3.85. The highest BCUT2D eigenvalue weighted by Gasteiger charge is 2.05. The molecule has 1 aromatic heterocycles. The highest BCUT2D eigenvalue weighted by atomic mass is 32.2. The molecule has 0 N–H and O–H groups in total. The van der Waals surface area contributed by atoms with Gasteiger partial charge in [0, 0.05) is 10.5 Å². The minimum atomic E-state index is 0.104. The molecule has 0 fully saturated rings. The number of para-hydroxylation sites is 1. The zero-order chi connectivity index (χ0) is 13.9. The number of fused-ring (bicyclic) bond motifs is 1. The van der Waals surface area contributed by atoms with Crippen molar-refractivity contribution in [2.24, 2.45) is 0 Å². The molecule has 20 heavy (non-hydrogen) atoms. The molecule has 1 heterocycles. The number of benzene rings is 2. The third-order valence-corrected chi connectivity index (χ3v) is 5.17. The molecule has 0 spiro atoms. The molecule has 3 rings (SSSR count). The highest BCUT2D eigenvalue weighted by molar-refractivity contribution is 7.98. The fourth-order valence-electron chi connectivity index (χ4n) is 1.93. The molecule has 0 amide bonds. The average molecular weight is 299 g/mol. The number of carbonyl (C=O) groups is 1. The number of Topliss-reactive ketones (excluding diaryl/α,β-unsaturated/α-hetero) is 1. The second-order valence-corrected chi connectivity index (χ2v) is 6.61. The Morgan fingerprint density at radius 3 is 2.85 bits per heavy atom. The number of thiazole rings is 1. The SMILES string of the molecule is CC(=O)c1cccc(SCc2nc3ccccc3s2)c1. The predicted octanol–water partition coefficient (Wildman–Crippen LogP) is 4.79. The van der Waals surface area contributed by atoms with Crippen molar-refractivity contribution in [1.29, 1.82) is 0 Å². The van der Waals surface area contributed by atoms with Crippen LogP contribution in [0.5, 0.6) is 0 Å². The maximum absolute atomic E-state index is 11.4. The van der Waals surface area contributed by atoms with Gasteiger partial charge in [-0.1, -0.05) is 24.3 Å². The summed E-state index contributed by atoms with van der Waals surface area (Å²) in [5, 5.41) is 1.12. The van der Waals surface area contributed by atoms with E-state index in [9.17, 15) is 4.79 Å². The van der Waals surface area contributed by atoms with Crippen molar-refractivity contribution in [2.45, 2.75) is 17.6 Å². The van der Waals surface area contributed by atoms with Gasteiger partial charge in [0.15, 0.2) is 5.78 Å². The van der Waals surface area contributed by atoms with E-state index in [4.69, 9.17) is 0 Å². The quantitative estimate of drug-likeness (QED) is 0.512. The number of rotatable bonds is 4. The van der Waals surface area contributed by atoms with E-state index in [0.717, 1.165) is 26.7 Å². The van der Waals surface area contributed by atoms with Gasteiger partial charge in [-0.15, -0.1) is 23.1 Å². The largest absolute Gasteiger partial charge is 0.295 e. The topological polar surface area (TPSA) is 30.0 Å². The zero-order valence-electron chi connectivity index (χ0n) is 11.0. The van der Waals surface area contributed by atoms with Crippen LogP contribution >= 0.6 is 23.1 Å². The molecular formula is C16H13NOS2. The van der Waals surface area contributed by atoms with Crippen molar-refractivity contribution in [3.63, 3.8) is 0 Å². The zero-order valence-corrected chi connectivity index (χ0v) is 12.6. The Morgan fingerprint density at radius 2 is 2.05 bits per heavy atom. The third-order valence-electron chi connectivity index (χ3n) is 2.94. The van der Waals surface area contributed by atoms with Crippen LogP contribution in [0, 0.1) is 0 Å². The number of hydrogen-bond acceptors (Lipinski definition) is 4. The third kappa shape index (κ3) is 2.92. The van der Waals surface area contributed by atoms with Gasteiger partial charge in [-0.25, -0.2) is 4.98 Å². The molecule has 0 aliphatic heterocycles. The summed E-state index contributed by atoms with van der Waals surface area (Å²) >= 11 is 3.44. The molecule has 0 aliphatic carbocycles. The first-order valence-corrected chi connectivity index (χ1v) is 8.11. The van der Waals surface area contributed by atoms with Gasteiger partial charge in [0.25, 0.3) is 0 Å². The van der Waals surface area contributed by atoms with E-state index in [1.165, 1.54) is 4.70 Å². The molecule has 0 unspecified atom stereocenters. The summed E-state index contributed by atoms with van der Waals surface area (Å²) < 4.78 is 1.22. The number of carbonyl (C=O) groups excluding carboxylic acids is 1. The summed E-state index contributed by atoms with van der Waals surface area (Å²) in [6.45, 7) is 1.59. The van der Waals surface area contributed by atoms with E-state index >= 15 is 0 Å². The van der Waals surface area contributed by atoms with Gasteiger partial charge in [0.1, 0.15) is 5.01 Å². The molecule has 100 valence electrons. The van der Waals surface area contributed by atoms with Crippen LogP contribution in [0.15, 0.2) is 53.4 Å². The van der Waals surface area contributed by atoms with E-state index in [2.05, 4.69) is 11.1 Å². The van der Waals surface area contributed by atoms with Crippen molar-refractivity contribution in [3.8, 4) is 0 Å². The van der Waals surface area contributed by atoms with Gasteiger partial charge < -0.3 is 0 Å². The smallest absolute Gasteiger partial charge is 0.159 e. The summed E-state index contributed by atoms with van der Waals surface area (Å²) in [7, 11) is 0.